The van der Waals surface area contributed by atoms with E-state index in [1.807, 2.05) is 18.7 Å². The largest absolute Gasteiger partial charge is 0.483 e. The van der Waals surface area contributed by atoms with Crippen molar-refractivity contribution in [3.8, 4) is 5.75 Å². The maximum absolute atomic E-state index is 12.8. The molecule has 0 radical (unpaired) electrons. The summed E-state index contributed by atoms with van der Waals surface area (Å²) in [5, 5.41) is 20.3. The van der Waals surface area contributed by atoms with Gasteiger partial charge in [0.15, 0.2) is 35.9 Å². The number of anilines is 1. The zero-order valence-electron chi connectivity index (χ0n) is 23.0. The number of hydrogen-bond donors (Lipinski definition) is 5. The lowest BCUT2D eigenvalue weighted by Gasteiger charge is -2.36. The Hall–Kier alpha value is -3.56. The first-order valence-corrected chi connectivity index (χ1v) is 13.7. The fourth-order valence-corrected chi connectivity index (χ4v) is 5.43. The summed E-state index contributed by atoms with van der Waals surface area (Å²) < 4.78 is 13.2. The third-order valence-corrected chi connectivity index (χ3v) is 7.43. The van der Waals surface area contributed by atoms with Crippen LogP contribution < -0.4 is 26.4 Å². The standard InChI is InChI=1S/C26H34ClN9O5/c1-13-8-35(9-14(2)34-13)18(37)10-40-17-5-4-16(27)6-15(17)7-30-23-20-24(32-11-31-23)36(12-33-20)26-21(38)19(28)22(41-26)25(39)29-3/h4-6,11-14,19,21-22,26,34,38H,7-10,28H2,1-3H3,(H,29,39)(H,30,31,32)/t13?,14?,19-,21+,22-,26+/m0/s1. The Morgan fingerprint density at radius 3 is 2.73 bits per heavy atom. The number of benzene rings is 1. The van der Waals surface area contributed by atoms with E-state index in [0.717, 1.165) is 0 Å². The predicted molar refractivity (Wildman–Crippen MR) is 150 cm³/mol. The van der Waals surface area contributed by atoms with Crippen molar-refractivity contribution in [1.29, 1.82) is 0 Å². The van der Waals surface area contributed by atoms with Gasteiger partial charge in [-0.15, -0.1) is 0 Å². The van der Waals surface area contributed by atoms with Crippen molar-refractivity contribution in [3.05, 3.63) is 41.4 Å². The number of likely N-dealkylation sites (N-methyl/N-ethyl adjacent to an activating group) is 1. The van der Waals surface area contributed by atoms with Gasteiger partial charge >= 0.3 is 0 Å². The van der Waals surface area contributed by atoms with Crippen LogP contribution in [0.2, 0.25) is 5.02 Å². The number of fused-ring (bicyclic) bond motifs is 1. The molecule has 220 valence electrons. The number of aromatic nitrogens is 4. The van der Waals surface area contributed by atoms with Crippen molar-refractivity contribution in [2.24, 2.45) is 5.73 Å². The summed E-state index contributed by atoms with van der Waals surface area (Å²) in [7, 11) is 1.47. The fraction of sp³-hybridized carbons (Fsp3) is 0.500. The highest BCUT2D eigenvalue weighted by atomic mass is 35.5. The molecular weight excluding hydrogens is 554 g/mol. The molecular formula is C26H34ClN9O5. The van der Waals surface area contributed by atoms with Crippen LogP contribution in [-0.4, -0.2) is 98.4 Å². The molecule has 2 saturated heterocycles. The topological polar surface area (TPSA) is 182 Å². The highest BCUT2D eigenvalue weighted by molar-refractivity contribution is 6.30. The number of aliphatic hydroxyl groups is 1. The van der Waals surface area contributed by atoms with Crippen LogP contribution in [0.5, 0.6) is 5.75 Å². The summed E-state index contributed by atoms with van der Waals surface area (Å²) in [6.45, 7) is 5.51. The number of ether oxygens (including phenoxy) is 2. The molecule has 5 rings (SSSR count). The fourth-order valence-electron chi connectivity index (χ4n) is 5.23. The monoisotopic (exact) mass is 587 g/mol. The van der Waals surface area contributed by atoms with E-state index in [0.29, 0.717) is 46.4 Å². The molecule has 2 amide bonds. The highest BCUT2D eigenvalue weighted by Gasteiger charge is 2.46. The maximum atomic E-state index is 12.8. The van der Waals surface area contributed by atoms with Crippen molar-refractivity contribution in [2.45, 2.75) is 57.0 Å². The molecule has 41 heavy (non-hydrogen) atoms. The summed E-state index contributed by atoms with van der Waals surface area (Å²) in [6.07, 6.45) is -0.350. The van der Waals surface area contributed by atoms with Gasteiger partial charge in [0, 0.05) is 49.4 Å². The molecule has 15 heteroatoms. The molecule has 2 aliphatic rings. The lowest BCUT2D eigenvalue weighted by molar-refractivity contribution is -0.135. The van der Waals surface area contributed by atoms with Gasteiger partial charge in [0.1, 0.15) is 18.2 Å². The predicted octanol–water partition coefficient (Wildman–Crippen LogP) is 0.0110. The minimum atomic E-state index is -1.16. The molecule has 6 N–H and O–H groups in total. The number of carbonyl (C=O) groups excluding carboxylic acids is 2. The molecule has 6 atom stereocenters. The van der Waals surface area contributed by atoms with Gasteiger partial charge in [-0.1, -0.05) is 11.6 Å². The number of carbonyl (C=O) groups is 2. The Bertz CT molecular complexity index is 1410. The van der Waals surface area contributed by atoms with E-state index in [1.54, 1.807) is 18.2 Å². The molecule has 2 fully saturated rings. The summed E-state index contributed by atoms with van der Waals surface area (Å²) in [4.78, 5) is 39.8. The molecule has 3 aromatic rings. The molecule has 1 aromatic carbocycles. The zero-order valence-corrected chi connectivity index (χ0v) is 23.7. The molecule has 4 heterocycles. The highest BCUT2D eigenvalue weighted by Crippen LogP contribution is 2.32. The van der Waals surface area contributed by atoms with Crippen molar-refractivity contribution >= 4 is 40.4 Å². The first-order valence-electron chi connectivity index (χ1n) is 13.3. The van der Waals surface area contributed by atoms with Crippen LogP contribution in [0, 0.1) is 0 Å². The number of amides is 2. The molecule has 0 spiro atoms. The number of nitrogens with zero attached hydrogens (tertiary/aromatic N) is 5. The number of halogens is 1. The quantitative estimate of drug-likeness (QED) is 0.239. The molecule has 0 saturated carbocycles. The first kappa shape index (κ1) is 29.0. The number of rotatable bonds is 8. The summed E-state index contributed by atoms with van der Waals surface area (Å²) in [6, 6.07) is 4.68. The SMILES string of the molecule is CNC(=O)[C@H]1O[C@@H](n2cnc3c(NCc4cc(Cl)ccc4OCC(=O)N4CC(C)NC(C)C4)ncnc32)[C@H](O)[C@@H]1N. The Kier molecular flexibility index (Phi) is 8.56. The number of piperazine rings is 1. The summed E-state index contributed by atoms with van der Waals surface area (Å²) in [5.41, 5.74) is 7.55. The van der Waals surface area contributed by atoms with Crippen LogP contribution in [0.4, 0.5) is 5.82 Å². The molecule has 0 bridgehead atoms. The van der Waals surface area contributed by atoms with E-state index in [2.05, 4.69) is 30.9 Å². The van der Waals surface area contributed by atoms with Crippen LogP contribution in [0.25, 0.3) is 11.2 Å². The van der Waals surface area contributed by atoms with Crippen molar-refractivity contribution < 1.29 is 24.2 Å². The molecule has 2 aliphatic heterocycles. The number of nitrogens with two attached hydrogens (primary N) is 1. The Balaban J connectivity index is 1.30. The van der Waals surface area contributed by atoms with E-state index in [1.165, 1.54) is 24.3 Å². The smallest absolute Gasteiger partial charge is 0.260 e. The second kappa shape index (κ2) is 12.1. The van der Waals surface area contributed by atoms with Gasteiger partial charge in [0.05, 0.1) is 12.4 Å². The van der Waals surface area contributed by atoms with Gasteiger partial charge in [-0.25, -0.2) is 15.0 Å². The number of aliphatic hydroxyl groups excluding tert-OH is 1. The van der Waals surface area contributed by atoms with E-state index < -0.39 is 30.4 Å². The first-order chi connectivity index (χ1) is 19.7. The minimum Gasteiger partial charge on any atom is -0.483 e. The van der Waals surface area contributed by atoms with Crippen LogP contribution in [0.15, 0.2) is 30.9 Å². The van der Waals surface area contributed by atoms with Crippen LogP contribution in [-0.2, 0) is 20.9 Å². The molecule has 2 aromatic heterocycles. The Labute approximate surface area is 241 Å². The van der Waals surface area contributed by atoms with Gasteiger partial charge in [0.2, 0.25) is 0 Å². The van der Waals surface area contributed by atoms with Crippen LogP contribution in [0.3, 0.4) is 0 Å². The lowest BCUT2D eigenvalue weighted by Crippen LogP contribution is -2.56. The third kappa shape index (κ3) is 6.06. The van der Waals surface area contributed by atoms with Crippen molar-refractivity contribution in [1.82, 2.24) is 35.1 Å². The van der Waals surface area contributed by atoms with Gasteiger partial charge in [-0.2, -0.15) is 0 Å². The van der Waals surface area contributed by atoms with Gasteiger partial charge in [-0.3, -0.25) is 14.2 Å². The number of nitrogens with one attached hydrogen (secondary N) is 3. The zero-order chi connectivity index (χ0) is 29.3. The average molecular weight is 588 g/mol. The Morgan fingerprint density at radius 1 is 1.24 bits per heavy atom. The number of imidazole rings is 1. The normalized spacial score (nSPS) is 26.2. The average Bonchev–Trinajstić information content (AvgIpc) is 3.51. The molecule has 14 nitrogen and oxygen atoms in total. The van der Waals surface area contributed by atoms with E-state index >= 15 is 0 Å². The molecule has 0 aliphatic carbocycles. The van der Waals surface area contributed by atoms with Crippen LogP contribution >= 0.6 is 11.6 Å². The van der Waals surface area contributed by atoms with Gasteiger partial charge in [0.25, 0.3) is 11.8 Å². The molecule has 2 unspecified atom stereocenters. The lowest BCUT2D eigenvalue weighted by atomic mass is 10.1. The summed E-state index contributed by atoms with van der Waals surface area (Å²) >= 11 is 6.27. The van der Waals surface area contributed by atoms with Gasteiger partial charge < -0.3 is 41.2 Å². The second-order valence-corrected chi connectivity index (χ2v) is 10.8. The second-order valence-electron chi connectivity index (χ2n) is 10.3. The van der Waals surface area contributed by atoms with E-state index in [-0.39, 0.29) is 31.1 Å². The maximum Gasteiger partial charge on any atom is 0.260 e. The summed E-state index contributed by atoms with van der Waals surface area (Å²) in [5.74, 6) is 0.411. The van der Waals surface area contributed by atoms with Crippen molar-refractivity contribution in [3.63, 3.8) is 0 Å². The van der Waals surface area contributed by atoms with Gasteiger partial charge in [-0.05, 0) is 32.0 Å². The van der Waals surface area contributed by atoms with Crippen molar-refractivity contribution in [2.75, 3.05) is 32.1 Å². The third-order valence-electron chi connectivity index (χ3n) is 7.19. The minimum absolute atomic E-state index is 0.0863. The van der Waals surface area contributed by atoms with Crippen LogP contribution in [0.1, 0.15) is 25.6 Å². The Morgan fingerprint density at radius 2 is 2.00 bits per heavy atom. The van der Waals surface area contributed by atoms with E-state index in [4.69, 9.17) is 26.8 Å². The number of hydrogen-bond acceptors (Lipinski definition) is 11. The van der Waals surface area contributed by atoms with E-state index in [9.17, 15) is 14.7 Å².